The van der Waals surface area contributed by atoms with Crippen LogP contribution in [0, 0.1) is 5.92 Å². The second-order valence-corrected chi connectivity index (χ2v) is 8.48. The number of aromatic hydroxyl groups is 1. The monoisotopic (exact) mass is 390 g/mol. The number of aromatic nitrogens is 3. The van der Waals surface area contributed by atoms with E-state index in [1.807, 2.05) is 19.1 Å². The molecule has 1 fully saturated rings. The van der Waals surface area contributed by atoms with Crippen LogP contribution in [0.4, 0.5) is 0 Å². The number of halogens is 1. The zero-order valence-electron chi connectivity index (χ0n) is 15.0. The Morgan fingerprint density at radius 3 is 2.58 bits per heavy atom. The summed E-state index contributed by atoms with van der Waals surface area (Å²) >= 11 is 7.62. The Hall–Kier alpha value is -1.63. The first-order valence-electron chi connectivity index (χ1n) is 9.13. The van der Waals surface area contributed by atoms with Crippen molar-refractivity contribution >= 4 is 27.9 Å². The summed E-state index contributed by atoms with van der Waals surface area (Å²) in [6.45, 7) is 6.35. The maximum Gasteiger partial charge on any atom is 0.230 e. The first kappa shape index (κ1) is 17.8. The molecule has 0 saturated carbocycles. The summed E-state index contributed by atoms with van der Waals surface area (Å²) in [4.78, 5) is 8.64. The van der Waals surface area contributed by atoms with E-state index in [1.54, 1.807) is 4.52 Å². The molecule has 26 heavy (non-hydrogen) atoms. The SMILES string of the molecule is CCc1nc2sc([C@H](c3ccc(Cl)cc3)N3CCC(C)CC3)c(O)n2n1. The second-order valence-electron chi connectivity index (χ2n) is 7.04. The van der Waals surface area contributed by atoms with Gasteiger partial charge >= 0.3 is 0 Å². The van der Waals surface area contributed by atoms with Gasteiger partial charge in [-0.1, -0.05) is 48.9 Å². The smallest absolute Gasteiger partial charge is 0.230 e. The summed E-state index contributed by atoms with van der Waals surface area (Å²) in [7, 11) is 0. The molecule has 2 aromatic heterocycles. The van der Waals surface area contributed by atoms with Crippen molar-refractivity contribution in [3.63, 3.8) is 0 Å². The van der Waals surface area contributed by atoms with Crippen LogP contribution in [0.15, 0.2) is 24.3 Å². The minimum atomic E-state index is -0.00153. The number of nitrogens with zero attached hydrogens (tertiary/aromatic N) is 4. The van der Waals surface area contributed by atoms with Gasteiger partial charge in [0.05, 0.1) is 10.9 Å². The topological polar surface area (TPSA) is 53.7 Å². The first-order chi connectivity index (χ1) is 12.6. The van der Waals surface area contributed by atoms with Gasteiger partial charge in [-0.15, -0.1) is 5.10 Å². The number of hydrogen-bond acceptors (Lipinski definition) is 5. The van der Waals surface area contributed by atoms with Gasteiger partial charge in [-0.25, -0.2) is 4.98 Å². The van der Waals surface area contributed by atoms with Gasteiger partial charge in [-0.3, -0.25) is 4.90 Å². The average molecular weight is 391 g/mol. The maximum atomic E-state index is 10.9. The highest BCUT2D eigenvalue weighted by atomic mass is 35.5. The molecule has 7 heteroatoms. The van der Waals surface area contributed by atoms with Gasteiger partial charge < -0.3 is 5.11 Å². The van der Waals surface area contributed by atoms with E-state index in [-0.39, 0.29) is 11.9 Å². The van der Waals surface area contributed by atoms with Gasteiger partial charge in [0.1, 0.15) is 0 Å². The highest BCUT2D eigenvalue weighted by Crippen LogP contribution is 2.41. The van der Waals surface area contributed by atoms with Crippen molar-refractivity contribution in [3.05, 3.63) is 45.6 Å². The number of piperidine rings is 1. The molecule has 1 N–H and O–H groups in total. The van der Waals surface area contributed by atoms with E-state index in [9.17, 15) is 5.11 Å². The van der Waals surface area contributed by atoms with Crippen LogP contribution in [0.1, 0.15) is 49.0 Å². The van der Waals surface area contributed by atoms with Crippen LogP contribution in [-0.2, 0) is 6.42 Å². The molecular weight excluding hydrogens is 368 g/mol. The molecule has 3 heterocycles. The molecular formula is C19H23ClN4OS. The lowest BCUT2D eigenvalue weighted by Gasteiger charge is -2.36. The average Bonchev–Trinajstić information content (AvgIpc) is 3.18. The summed E-state index contributed by atoms with van der Waals surface area (Å²) in [5, 5.41) is 16.0. The Bertz CT molecular complexity index is 896. The molecule has 138 valence electrons. The van der Waals surface area contributed by atoms with Crippen molar-refractivity contribution < 1.29 is 5.11 Å². The van der Waals surface area contributed by atoms with Gasteiger partial charge in [0, 0.05) is 11.4 Å². The van der Waals surface area contributed by atoms with E-state index in [4.69, 9.17) is 11.6 Å². The number of rotatable bonds is 4. The number of thiazole rings is 1. The Kier molecular flexibility index (Phi) is 4.90. The number of fused-ring (bicyclic) bond motifs is 1. The second kappa shape index (κ2) is 7.18. The van der Waals surface area contributed by atoms with Crippen LogP contribution in [0.25, 0.3) is 4.96 Å². The maximum absolute atomic E-state index is 10.9. The van der Waals surface area contributed by atoms with Crippen molar-refractivity contribution in [2.24, 2.45) is 5.92 Å². The van der Waals surface area contributed by atoms with Crippen molar-refractivity contribution in [2.45, 2.75) is 39.2 Å². The largest absolute Gasteiger partial charge is 0.492 e. The van der Waals surface area contributed by atoms with Crippen LogP contribution in [0.3, 0.4) is 0 Å². The van der Waals surface area contributed by atoms with Crippen molar-refractivity contribution in [1.29, 1.82) is 0 Å². The summed E-state index contributed by atoms with van der Waals surface area (Å²) in [5.74, 6) is 1.71. The number of hydrogen-bond donors (Lipinski definition) is 1. The van der Waals surface area contributed by atoms with E-state index in [0.717, 1.165) is 51.7 Å². The van der Waals surface area contributed by atoms with Crippen LogP contribution in [0.5, 0.6) is 5.88 Å². The zero-order chi connectivity index (χ0) is 18.3. The minimum absolute atomic E-state index is 0.00153. The molecule has 1 aliphatic rings. The first-order valence-corrected chi connectivity index (χ1v) is 10.3. The molecule has 5 nitrogen and oxygen atoms in total. The molecule has 1 atom stereocenters. The summed E-state index contributed by atoms with van der Waals surface area (Å²) < 4.78 is 1.58. The fourth-order valence-corrected chi connectivity index (χ4v) is 4.84. The third kappa shape index (κ3) is 3.21. The molecule has 1 aromatic carbocycles. The van der Waals surface area contributed by atoms with E-state index in [0.29, 0.717) is 0 Å². The predicted molar refractivity (Wildman–Crippen MR) is 105 cm³/mol. The standard InChI is InChI=1S/C19H23ClN4OS/c1-3-15-21-19-24(22-15)18(25)17(26-19)16(13-4-6-14(20)7-5-13)23-10-8-12(2)9-11-23/h4-7,12,16,25H,3,8-11H2,1-2H3/t16-/m0/s1. The number of benzene rings is 1. The van der Waals surface area contributed by atoms with Gasteiger partial charge in [-0.2, -0.15) is 4.52 Å². The van der Waals surface area contributed by atoms with E-state index in [1.165, 1.54) is 24.2 Å². The van der Waals surface area contributed by atoms with Crippen LogP contribution in [0.2, 0.25) is 5.02 Å². The van der Waals surface area contributed by atoms with Crippen molar-refractivity contribution in [1.82, 2.24) is 19.5 Å². The van der Waals surface area contributed by atoms with E-state index < -0.39 is 0 Å². The molecule has 0 unspecified atom stereocenters. The number of aryl methyl sites for hydroxylation is 1. The molecule has 1 saturated heterocycles. The normalized spacial score (nSPS) is 17.8. The van der Waals surface area contributed by atoms with Crippen LogP contribution < -0.4 is 0 Å². The van der Waals surface area contributed by atoms with Crippen LogP contribution in [-0.4, -0.2) is 37.7 Å². The summed E-state index contributed by atoms with van der Waals surface area (Å²) in [6.07, 6.45) is 3.10. The molecule has 4 rings (SSSR count). The predicted octanol–water partition coefficient (Wildman–Crippen LogP) is 4.53. The van der Waals surface area contributed by atoms with Gasteiger partial charge in [0.2, 0.25) is 10.8 Å². The third-order valence-electron chi connectivity index (χ3n) is 5.18. The van der Waals surface area contributed by atoms with Crippen LogP contribution >= 0.6 is 22.9 Å². The van der Waals surface area contributed by atoms with E-state index >= 15 is 0 Å². The fourth-order valence-electron chi connectivity index (χ4n) is 3.58. The Morgan fingerprint density at radius 1 is 1.27 bits per heavy atom. The molecule has 0 amide bonds. The molecule has 3 aromatic rings. The zero-order valence-corrected chi connectivity index (χ0v) is 16.6. The van der Waals surface area contributed by atoms with Gasteiger partial charge in [0.15, 0.2) is 5.82 Å². The Morgan fingerprint density at radius 2 is 1.96 bits per heavy atom. The molecule has 0 aliphatic carbocycles. The lowest BCUT2D eigenvalue weighted by atomic mass is 9.95. The third-order valence-corrected chi connectivity index (χ3v) is 6.50. The lowest BCUT2D eigenvalue weighted by Crippen LogP contribution is -2.36. The summed E-state index contributed by atoms with van der Waals surface area (Å²) in [5.41, 5.74) is 1.14. The van der Waals surface area contributed by atoms with E-state index in [2.05, 4.69) is 34.0 Å². The Labute approximate surface area is 162 Å². The molecule has 0 spiro atoms. The highest BCUT2D eigenvalue weighted by Gasteiger charge is 2.31. The Balaban J connectivity index is 1.78. The van der Waals surface area contributed by atoms with Crippen molar-refractivity contribution in [3.8, 4) is 5.88 Å². The summed E-state index contributed by atoms with van der Waals surface area (Å²) in [6, 6.07) is 7.94. The van der Waals surface area contributed by atoms with Gasteiger partial charge in [-0.05, 0) is 49.5 Å². The van der Waals surface area contributed by atoms with Crippen molar-refractivity contribution in [2.75, 3.05) is 13.1 Å². The quantitative estimate of drug-likeness (QED) is 0.710. The lowest BCUT2D eigenvalue weighted by molar-refractivity contribution is 0.157. The molecule has 1 aliphatic heterocycles. The number of likely N-dealkylation sites (tertiary alicyclic amines) is 1. The van der Waals surface area contributed by atoms with Gasteiger partial charge in [0.25, 0.3) is 0 Å². The highest BCUT2D eigenvalue weighted by molar-refractivity contribution is 7.17. The fraction of sp³-hybridized carbons (Fsp3) is 0.474. The molecule has 0 bridgehead atoms. The minimum Gasteiger partial charge on any atom is -0.492 e. The molecule has 0 radical (unpaired) electrons.